The van der Waals surface area contributed by atoms with E-state index in [1.807, 2.05) is 59.4 Å². The van der Waals surface area contributed by atoms with Crippen molar-refractivity contribution in [1.29, 1.82) is 0 Å². The second kappa shape index (κ2) is 9.72. The third-order valence-electron chi connectivity index (χ3n) is 5.31. The highest BCUT2D eigenvalue weighted by Gasteiger charge is 2.25. The van der Waals surface area contributed by atoms with E-state index in [9.17, 15) is 4.79 Å². The topological polar surface area (TPSA) is 59.0 Å². The van der Waals surface area contributed by atoms with Crippen molar-refractivity contribution in [3.63, 3.8) is 0 Å². The van der Waals surface area contributed by atoms with Crippen LogP contribution >= 0.6 is 12.4 Å². The molecule has 1 fully saturated rings. The largest absolute Gasteiger partial charge is 0.352 e. The zero-order valence-corrected chi connectivity index (χ0v) is 17.4. The van der Waals surface area contributed by atoms with Gasteiger partial charge in [-0.15, -0.1) is 12.4 Å². The first kappa shape index (κ1) is 21.1. The molecule has 152 valence electrons. The minimum Gasteiger partial charge on any atom is -0.352 e. The molecule has 0 aliphatic carbocycles. The summed E-state index contributed by atoms with van der Waals surface area (Å²) in [6.45, 7) is 3.52. The van der Waals surface area contributed by atoms with E-state index in [1.54, 1.807) is 0 Å². The van der Waals surface area contributed by atoms with Crippen LogP contribution in [0.1, 0.15) is 25.3 Å². The van der Waals surface area contributed by atoms with Gasteiger partial charge in [-0.05, 0) is 38.4 Å². The van der Waals surface area contributed by atoms with Crippen LogP contribution in [0.5, 0.6) is 0 Å². The number of hydrogen-bond acceptors (Lipinski definition) is 3. The number of carbonyl (C=O) groups is 1. The number of amides is 1. The van der Waals surface area contributed by atoms with Crippen LogP contribution in [0.3, 0.4) is 0 Å². The number of benzene rings is 2. The van der Waals surface area contributed by atoms with Crippen LogP contribution in [0, 0.1) is 5.92 Å². The number of para-hydroxylation sites is 1. The highest BCUT2D eigenvalue weighted by molar-refractivity contribution is 5.85. The summed E-state index contributed by atoms with van der Waals surface area (Å²) in [5, 5.41) is 11.4. The van der Waals surface area contributed by atoms with E-state index >= 15 is 0 Å². The first-order chi connectivity index (χ1) is 13.7. The predicted octanol–water partition coefficient (Wildman–Crippen LogP) is 3.97. The molecule has 1 aromatic heterocycles. The minimum atomic E-state index is 0. The first-order valence-electron chi connectivity index (χ1n) is 9.91. The van der Waals surface area contributed by atoms with Crippen molar-refractivity contribution < 1.29 is 4.79 Å². The first-order valence-corrected chi connectivity index (χ1v) is 9.91. The van der Waals surface area contributed by atoms with E-state index in [0.29, 0.717) is 12.6 Å². The van der Waals surface area contributed by atoms with Crippen molar-refractivity contribution >= 4 is 18.3 Å². The lowest BCUT2D eigenvalue weighted by atomic mass is 9.92. The smallest absolute Gasteiger partial charge is 0.223 e. The number of halogens is 1. The SMILES string of the molecule is C[C@H]1C[C@@H](C(=O)NCc2cn(-c3ccccc3)nc2-c2ccccc2)CCN1.Cl. The monoisotopic (exact) mass is 410 g/mol. The summed E-state index contributed by atoms with van der Waals surface area (Å²) in [7, 11) is 0. The second-order valence-electron chi connectivity index (χ2n) is 7.44. The Morgan fingerprint density at radius 1 is 1.14 bits per heavy atom. The molecule has 0 unspecified atom stereocenters. The maximum absolute atomic E-state index is 12.7. The van der Waals surface area contributed by atoms with Gasteiger partial charge in [0.1, 0.15) is 0 Å². The summed E-state index contributed by atoms with van der Waals surface area (Å²) in [5.41, 5.74) is 3.98. The average molecular weight is 411 g/mol. The van der Waals surface area contributed by atoms with E-state index in [1.165, 1.54) is 0 Å². The second-order valence-corrected chi connectivity index (χ2v) is 7.44. The van der Waals surface area contributed by atoms with Crippen LogP contribution in [0.2, 0.25) is 0 Å². The van der Waals surface area contributed by atoms with Crippen LogP contribution in [0.4, 0.5) is 0 Å². The van der Waals surface area contributed by atoms with E-state index in [2.05, 4.69) is 29.7 Å². The number of piperidine rings is 1. The molecule has 0 bridgehead atoms. The summed E-state index contributed by atoms with van der Waals surface area (Å²) in [4.78, 5) is 12.7. The molecule has 0 spiro atoms. The standard InChI is InChI=1S/C23H26N4O.ClH/c1-17-14-19(12-13-24-17)23(28)25-15-20-16-27(21-10-6-3-7-11-21)26-22(20)18-8-4-2-5-9-18;/h2-11,16-17,19,24H,12-15H2,1H3,(H,25,28);1H/t17-,19-;/m0./s1. The fourth-order valence-electron chi connectivity index (χ4n) is 3.79. The van der Waals surface area contributed by atoms with Gasteiger partial charge in [0.15, 0.2) is 0 Å². The molecule has 0 saturated carbocycles. The molecule has 4 rings (SSSR count). The van der Waals surface area contributed by atoms with Crippen molar-refractivity contribution in [1.82, 2.24) is 20.4 Å². The Morgan fingerprint density at radius 2 is 1.83 bits per heavy atom. The molecule has 2 N–H and O–H groups in total. The molecule has 2 atom stereocenters. The van der Waals surface area contributed by atoms with Gasteiger partial charge in [0.05, 0.1) is 11.4 Å². The van der Waals surface area contributed by atoms with E-state index in [0.717, 1.165) is 41.9 Å². The van der Waals surface area contributed by atoms with Gasteiger partial charge in [-0.2, -0.15) is 5.10 Å². The van der Waals surface area contributed by atoms with E-state index in [-0.39, 0.29) is 24.2 Å². The molecule has 2 heterocycles. The third kappa shape index (κ3) is 5.05. The molecule has 1 aliphatic rings. The maximum Gasteiger partial charge on any atom is 0.223 e. The summed E-state index contributed by atoms with van der Waals surface area (Å²) >= 11 is 0. The van der Waals surface area contributed by atoms with Gasteiger partial charge in [0.25, 0.3) is 0 Å². The molecule has 3 aromatic rings. The number of hydrogen-bond donors (Lipinski definition) is 2. The summed E-state index contributed by atoms with van der Waals surface area (Å²) in [6.07, 6.45) is 3.80. The summed E-state index contributed by atoms with van der Waals surface area (Å²) in [5.74, 6) is 0.223. The van der Waals surface area contributed by atoms with Gasteiger partial charge in [0, 0.05) is 35.8 Å². The summed E-state index contributed by atoms with van der Waals surface area (Å²) < 4.78 is 1.89. The van der Waals surface area contributed by atoms with Gasteiger partial charge < -0.3 is 10.6 Å². The Hall–Kier alpha value is -2.63. The van der Waals surface area contributed by atoms with Gasteiger partial charge in [-0.25, -0.2) is 4.68 Å². The highest BCUT2D eigenvalue weighted by Crippen LogP contribution is 2.24. The zero-order chi connectivity index (χ0) is 19.3. The van der Waals surface area contributed by atoms with Crippen LogP contribution in [0.25, 0.3) is 16.9 Å². The van der Waals surface area contributed by atoms with Crippen molar-refractivity contribution in [2.24, 2.45) is 5.92 Å². The molecule has 29 heavy (non-hydrogen) atoms. The number of rotatable bonds is 5. The van der Waals surface area contributed by atoms with Crippen molar-refractivity contribution in [3.05, 3.63) is 72.4 Å². The molecule has 2 aromatic carbocycles. The lowest BCUT2D eigenvalue weighted by Crippen LogP contribution is -2.42. The van der Waals surface area contributed by atoms with Crippen molar-refractivity contribution in [2.75, 3.05) is 6.54 Å². The van der Waals surface area contributed by atoms with Crippen LogP contribution in [-0.2, 0) is 11.3 Å². The summed E-state index contributed by atoms with van der Waals surface area (Å²) in [6, 6.07) is 20.6. The van der Waals surface area contributed by atoms with Gasteiger partial charge >= 0.3 is 0 Å². The molecule has 1 saturated heterocycles. The number of aromatic nitrogens is 2. The highest BCUT2D eigenvalue weighted by atomic mass is 35.5. The predicted molar refractivity (Wildman–Crippen MR) is 118 cm³/mol. The Bertz CT molecular complexity index is 927. The van der Waals surface area contributed by atoms with E-state index < -0.39 is 0 Å². The molecule has 1 amide bonds. The Morgan fingerprint density at radius 3 is 2.52 bits per heavy atom. The van der Waals surface area contributed by atoms with Crippen LogP contribution in [-0.4, -0.2) is 28.3 Å². The molecule has 6 heteroatoms. The average Bonchev–Trinajstić information content (AvgIpc) is 3.17. The van der Waals surface area contributed by atoms with Crippen molar-refractivity contribution in [3.8, 4) is 16.9 Å². The number of nitrogens with zero attached hydrogens (tertiary/aromatic N) is 2. The normalized spacial score (nSPS) is 18.7. The fraction of sp³-hybridized carbons (Fsp3) is 0.304. The van der Waals surface area contributed by atoms with E-state index in [4.69, 9.17) is 5.10 Å². The third-order valence-corrected chi connectivity index (χ3v) is 5.31. The number of nitrogens with one attached hydrogen (secondary N) is 2. The lowest BCUT2D eigenvalue weighted by Gasteiger charge is -2.27. The fourth-order valence-corrected chi connectivity index (χ4v) is 3.79. The van der Waals surface area contributed by atoms with Gasteiger partial charge in [0.2, 0.25) is 5.91 Å². The van der Waals surface area contributed by atoms with Crippen LogP contribution in [0.15, 0.2) is 66.9 Å². The lowest BCUT2D eigenvalue weighted by molar-refractivity contribution is -0.126. The van der Waals surface area contributed by atoms with Gasteiger partial charge in [-0.3, -0.25) is 4.79 Å². The molecule has 1 aliphatic heterocycles. The number of carbonyl (C=O) groups excluding carboxylic acids is 1. The Labute approximate surface area is 177 Å². The Kier molecular flexibility index (Phi) is 7.07. The zero-order valence-electron chi connectivity index (χ0n) is 16.5. The Balaban J connectivity index is 0.00000240. The maximum atomic E-state index is 12.7. The minimum absolute atomic E-state index is 0. The van der Waals surface area contributed by atoms with Gasteiger partial charge in [-0.1, -0.05) is 48.5 Å². The molecule has 5 nitrogen and oxygen atoms in total. The van der Waals surface area contributed by atoms with Crippen molar-refractivity contribution in [2.45, 2.75) is 32.4 Å². The molecule has 0 radical (unpaired) electrons. The molecular weight excluding hydrogens is 384 g/mol. The van der Waals surface area contributed by atoms with Crippen LogP contribution < -0.4 is 10.6 Å². The quantitative estimate of drug-likeness (QED) is 0.669. The molecular formula is C23H27ClN4O.